The average Bonchev–Trinajstić information content (AvgIpc) is 2.71. The predicted octanol–water partition coefficient (Wildman–Crippen LogP) is 3.94. The Kier molecular flexibility index (Phi) is 5.81. The first-order chi connectivity index (χ1) is 13.1. The summed E-state index contributed by atoms with van der Waals surface area (Å²) in [6, 6.07) is 19.4. The zero-order valence-corrected chi connectivity index (χ0v) is 15.7. The Morgan fingerprint density at radius 2 is 1.67 bits per heavy atom. The third-order valence-corrected chi connectivity index (χ3v) is 4.32. The molecule has 0 aromatic heterocycles. The maximum absolute atomic E-state index is 12.4. The summed E-state index contributed by atoms with van der Waals surface area (Å²) in [5.41, 5.74) is 0.916. The van der Waals surface area contributed by atoms with Crippen molar-refractivity contribution < 1.29 is 19.0 Å². The van der Waals surface area contributed by atoms with Crippen LogP contribution in [0.5, 0.6) is 17.2 Å². The van der Waals surface area contributed by atoms with Crippen LogP contribution in [0.4, 0.5) is 0 Å². The number of rotatable bonds is 7. The van der Waals surface area contributed by atoms with Gasteiger partial charge in [-0.25, -0.2) is 0 Å². The summed E-state index contributed by atoms with van der Waals surface area (Å²) in [4.78, 5) is 12.4. The second kappa shape index (κ2) is 8.45. The first-order valence-corrected chi connectivity index (χ1v) is 8.75. The van der Waals surface area contributed by atoms with Crippen molar-refractivity contribution in [2.75, 3.05) is 14.2 Å². The van der Waals surface area contributed by atoms with Gasteiger partial charge in [0.15, 0.2) is 17.6 Å². The fourth-order valence-corrected chi connectivity index (χ4v) is 2.82. The minimum absolute atomic E-state index is 0.182. The SMILES string of the molecule is COc1ccc(CNC(=O)[C@H](C)Oc2ccc3ccccc3c2)cc1OC. The normalized spacial score (nSPS) is 11.7. The molecule has 3 aromatic rings. The van der Waals surface area contributed by atoms with Gasteiger partial charge in [0, 0.05) is 6.54 Å². The van der Waals surface area contributed by atoms with Crippen molar-refractivity contribution >= 4 is 16.7 Å². The van der Waals surface area contributed by atoms with Crippen molar-refractivity contribution in [1.82, 2.24) is 5.32 Å². The molecule has 27 heavy (non-hydrogen) atoms. The quantitative estimate of drug-likeness (QED) is 0.689. The van der Waals surface area contributed by atoms with E-state index in [2.05, 4.69) is 5.32 Å². The van der Waals surface area contributed by atoms with Gasteiger partial charge in [0.1, 0.15) is 5.75 Å². The second-order valence-corrected chi connectivity index (χ2v) is 6.18. The molecule has 3 aromatic carbocycles. The second-order valence-electron chi connectivity index (χ2n) is 6.18. The van der Waals surface area contributed by atoms with Gasteiger partial charge in [-0.15, -0.1) is 0 Å². The van der Waals surface area contributed by atoms with Gasteiger partial charge in [0.05, 0.1) is 14.2 Å². The van der Waals surface area contributed by atoms with Gasteiger partial charge in [-0.3, -0.25) is 4.79 Å². The highest BCUT2D eigenvalue weighted by Crippen LogP contribution is 2.27. The van der Waals surface area contributed by atoms with Crippen molar-refractivity contribution in [2.24, 2.45) is 0 Å². The van der Waals surface area contributed by atoms with E-state index in [4.69, 9.17) is 14.2 Å². The minimum Gasteiger partial charge on any atom is -0.493 e. The molecule has 5 nitrogen and oxygen atoms in total. The molecule has 0 heterocycles. The van der Waals surface area contributed by atoms with E-state index >= 15 is 0 Å². The summed E-state index contributed by atoms with van der Waals surface area (Å²) in [6.07, 6.45) is -0.605. The zero-order valence-electron chi connectivity index (χ0n) is 15.7. The Morgan fingerprint density at radius 3 is 2.41 bits per heavy atom. The maximum atomic E-state index is 12.4. The van der Waals surface area contributed by atoms with Crippen LogP contribution in [0.3, 0.4) is 0 Å². The monoisotopic (exact) mass is 365 g/mol. The fourth-order valence-electron chi connectivity index (χ4n) is 2.82. The van der Waals surface area contributed by atoms with Crippen LogP contribution in [-0.2, 0) is 11.3 Å². The van der Waals surface area contributed by atoms with Crippen LogP contribution in [0.2, 0.25) is 0 Å². The summed E-state index contributed by atoms with van der Waals surface area (Å²) in [7, 11) is 3.17. The van der Waals surface area contributed by atoms with Crippen molar-refractivity contribution in [3.8, 4) is 17.2 Å². The van der Waals surface area contributed by atoms with Gasteiger partial charge in [0.25, 0.3) is 5.91 Å². The largest absolute Gasteiger partial charge is 0.493 e. The molecule has 1 amide bonds. The molecular formula is C22H23NO4. The lowest BCUT2D eigenvalue weighted by atomic mass is 10.1. The molecule has 3 rings (SSSR count). The van der Waals surface area contributed by atoms with Crippen LogP contribution >= 0.6 is 0 Å². The number of carbonyl (C=O) groups excluding carboxylic acids is 1. The molecule has 0 saturated carbocycles. The van der Waals surface area contributed by atoms with Gasteiger partial charge in [0.2, 0.25) is 0 Å². The molecule has 0 fully saturated rings. The molecule has 0 unspecified atom stereocenters. The standard InChI is InChI=1S/C22H23NO4/c1-15(27-19-10-9-17-6-4-5-7-18(17)13-19)22(24)23-14-16-8-11-20(25-2)21(12-16)26-3/h4-13,15H,14H2,1-3H3,(H,23,24)/t15-/m0/s1. The topological polar surface area (TPSA) is 56.8 Å². The van der Waals surface area contributed by atoms with E-state index in [-0.39, 0.29) is 5.91 Å². The Hall–Kier alpha value is -3.21. The van der Waals surface area contributed by atoms with E-state index in [0.29, 0.717) is 23.8 Å². The maximum Gasteiger partial charge on any atom is 0.261 e. The summed E-state index contributed by atoms with van der Waals surface area (Å²) >= 11 is 0. The van der Waals surface area contributed by atoms with E-state index in [1.165, 1.54) is 0 Å². The lowest BCUT2D eigenvalue weighted by Crippen LogP contribution is -2.35. The number of hydrogen-bond acceptors (Lipinski definition) is 4. The molecule has 1 N–H and O–H groups in total. The number of nitrogens with one attached hydrogen (secondary N) is 1. The van der Waals surface area contributed by atoms with Crippen molar-refractivity contribution in [1.29, 1.82) is 0 Å². The van der Waals surface area contributed by atoms with E-state index in [9.17, 15) is 4.79 Å². The highest BCUT2D eigenvalue weighted by molar-refractivity contribution is 5.84. The van der Waals surface area contributed by atoms with Crippen molar-refractivity contribution in [2.45, 2.75) is 19.6 Å². The molecule has 1 atom stereocenters. The van der Waals surface area contributed by atoms with Crippen LogP contribution in [0.15, 0.2) is 60.7 Å². The molecule has 0 aliphatic heterocycles. The molecule has 0 spiro atoms. The molecule has 0 aliphatic carbocycles. The van der Waals surface area contributed by atoms with Gasteiger partial charge in [-0.05, 0) is 47.5 Å². The van der Waals surface area contributed by atoms with Gasteiger partial charge >= 0.3 is 0 Å². The molecule has 140 valence electrons. The third kappa shape index (κ3) is 4.50. The van der Waals surface area contributed by atoms with Gasteiger partial charge < -0.3 is 19.5 Å². The Balaban J connectivity index is 1.60. The smallest absolute Gasteiger partial charge is 0.261 e. The van der Waals surface area contributed by atoms with Gasteiger partial charge in [-0.1, -0.05) is 36.4 Å². The molecule has 0 saturated heterocycles. The predicted molar refractivity (Wildman–Crippen MR) is 105 cm³/mol. The Labute approximate surface area is 158 Å². The minimum atomic E-state index is -0.605. The van der Waals surface area contributed by atoms with Crippen LogP contribution < -0.4 is 19.5 Å². The molecule has 0 bridgehead atoms. The number of methoxy groups -OCH3 is 2. The fraction of sp³-hybridized carbons (Fsp3) is 0.227. The first-order valence-electron chi connectivity index (χ1n) is 8.75. The molecule has 5 heteroatoms. The van der Waals surface area contributed by atoms with Gasteiger partial charge in [-0.2, -0.15) is 0 Å². The van der Waals surface area contributed by atoms with E-state index in [1.807, 2.05) is 60.7 Å². The van der Waals surface area contributed by atoms with Crippen LogP contribution in [0.1, 0.15) is 12.5 Å². The number of benzene rings is 3. The number of carbonyl (C=O) groups is 1. The van der Waals surface area contributed by atoms with Crippen LogP contribution in [-0.4, -0.2) is 26.2 Å². The summed E-state index contributed by atoms with van der Waals surface area (Å²) < 4.78 is 16.3. The first kappa shape index (κ1) is 18.6. The number of hydrogen-bond donors (Lipinski definition) is 1. The van der Waals surface area contributed by atoms with E-state index < -0.39 is 6.10 Å². The van der Waals surface area contributed by atoms with Crippen LogP contribution in [0, 0.1) is 0 Å². The highest BCUT2D eigenvalue weighted by atomic mass is 16.5. The lowest BCUT2D eigenvalue weighted by molar-refractivity contribution is -0.127. The number of ether oxygens (including phenoxy) is 3. The average molecular weight is 365 g/mol. The lowest BCUT2D eigenvalue weighted by Gasteiger charge is -2.16. The zero-order chi connectivity index (χ0) is 19.2. The third-order valence-electron chi connectivity index (χ3n) is 4.32. The van der Waals surface area contributed by atoms with Crippen molar-refractivity contribution in [3.05, 3.63) is 66.2 Å². The molecule has 0 radical (unpaired) electrons. The number of fused-ring (bicyclic) bond motifs is 1. The number of amides is 1. The summed E-state index contributed by atoms with van der Waals surface area (Å²) in [5.74, 6) is 1.77. The van der Waals surface area contributed by atoms with E-state index in [0.717, 1.165) is 16.3 Å². The molecular weight excluding hydrogens is 342 g/mol. The summed E-state index contributed by atoms with van der Waals surface area (Å²) in [6.45, 7) is 2.11. The summed E-state index contributed by atoms with van der Waals surface area (Å²) in [5, 5.41) is 5.10. The highest BCUT2D eigenvalue weighted by Gasteiger charge is 2.15. The van der Waals surface area contributed by atoms with E-state index in [1.54, 1.807) is 21.1 Å². The van der Waals surface area contributed by atoms with Crippen LogP contribution in [0.25, 0.3) is 10.8 Å². The molecule has 0 aliphatic rings. The van der Waals surface area contributed by atoms with Crippen molar-refractivity contribution in [3.63, 3.8) is 0 Å². The Bertz CT molecular complexity index is 938. The Morgan fingerprint density at radius 1 is 0.926 bits per heavy atom.